The van der Waals surface area contributed by atoms with E-state index in [1.54, 1.807) is 0 Å². The van der Waals surface area contributed by atoms with Gasteiger partial charge in [0, 0.05) is 50.8 Å². The largest absolute Gasteiger partial charge is 0.368 e. The van der Waals surface area contributed by atoms with Crippen LogP contribution in [-0.4, -0.2) is 53.1 Å². The summed E-state index contributed by atoms with van der Waals surface area (Å²) in [5.41, 5.74) is 1.22. The lowest BCUT2D eigenvalue weighted by molar-refractivity contribution is 0.0671. The molecule has 1 aliphatic rings. The number of halogens is 3. The van der Waals surface area contributed by atoms with E-state index in [9.17, 15) is 8.78 Å². The number of alkyl halides is 2. The lowest BCUT2D eigenvalue weighted by atomic mass is 10.2. The summed E-state index contributed by atoms with van der Waals surface area (Å²) in [6, 6.07) is 10.3. The minimum absolute atomic E-state index is 0. The molecule has 9 heteroatoms. The van der Waals surface area contributed by atoms with E-state index in [2.05, 4.69) is 37.2 Å². The highest BCUT2D eigenvalue weighted by molar-refractivity contribution is 14.0. The normalized spacial score (nSPS) is 15.0. The second-order valence-corrected chi connectivity index (χ2v) is 6.01. The molecule has 0 amide bonds. The Hall–Kier alpha value is -1.91. The van der Waals surface area contributed by atoms with Crippen LogP contribution < -0.4 is 10.2 Å². The van der Waals surface area contributed by atoms with E-state index in [-0.39, 0.29) is 36.3 Å². The van der Waals surface area contributed by atoms with Crippen molar-refractivity contribution in [1.29, 1.82) is 0 Å². The number of aliphatic imine (C=N–C) groups is 1. The number of guanidine groups is 1. The number of benzene rings is 1. The van der Waals surface area contributed by atoms with Gasteiger partial charge in [-0.2, -0.15) is 8.78 Å². The first-order valence-electron chi connectivity index (χ1n) is 8.82. The number of piperazine rings is 1. The predicted molar refractivity (Wildman–Crippen MR) is 114 cm³/mol. The number of hydrogen-bond acceptors (Lipinski definition) is 3. The fourth-order valence-electron chi connectivity index (χ4n) is 3.03. The van der Waals surface area contributed by atoms with Gasteiger partial charge in [-0.3, -0.25) is 4.57 Å². The lowest BCUT2D eigenvalue weighted by Crippen LogP contribution is -2.52. The standard InChI is InChI=1S/C18H24F2N6.HI/c1-2-21-18(23-14-16-22-8-9-26(16)17(19)20)25-12-10-24(11-13-25)15-6-4-3-5-7-15;/h3-9,17H,2,10-14H2,1H3,(H,21,23);1H. The first-order valence-corrected chi connectivity index (χ1v) is 8.82. The van der Waals surface area contributed by atoms with Gasteiger partial charge in [0.1, 0.15) is 12.4 Å². The molecule has 0 saturated carbocycles. The van der Waals surface area contributed by atoms with E-state index >= 15 is 0 Å². The maximum absolute atomic E-state index is 12.9. The van der Waals surface area contributed by atoms with Crippen LogP contribution in [0.25, 0.3) is 0 Å². The number of imidazole rings is 1. The van der Waals surface area contributed by atoms with Crippen LogP contribution >= 0.6 is 24.0 Å². The molecule has 1 saturated heterocycles. The molecular formula is C18H25F2IN6. The van der Waals surface area contributed by atoms with Crippen molar-refractivity contribution in [2.75, 3.05) is 37.6 Å². The van der Waals surface area contributed by atoms with E-state index in [0.29, 0.717) is 0 Å². The van der Waals surface area contributed by atoms with Crippen molar-refractivity contribution in [1.82, 2.24) is 19.8 Å². The summed E-state index contributed by atoms with van der Waals surface area (Å²) in [6.45, 7) is 3.67. The van der Waals surface area contributed by atoms with Crippen LogP contribution in [0.1, 0.15) is 19.3 Å². The molecule has 1 N–H and O–H groups in total. The van der Waals surface area contributed by atoms with Gasteiger partial charge in [0.25, 0.3) is 0 Å². The van der Waals surface area contributed by atoms with Gasteiger partial charge in [0.15, 0.2) is 5.96 Å². The highest BCUT2D eigenvalue weighted by Gasteiger charge is 2.20. The Bertz CT molecular complexity index is 714. The Morgan fingerprint density at radius 3 is 2.52 bits per heavy atom. The number of hydrogen-bond donors (Lipinski definition) is 1. The quantitative estimate of drug-likeness (QED) is 0.398. The van der Waals surface area contributed by atoms with Crippen molar-refractivity contribution in [2.24, 2.45) is 4.99 Å². The molecule has 1 aromatic heterocycles. The first kappa shape index (κ1) is 21.4. The lowest BCUT2D eigenvalue weighted by Gasteiger charge is -2.37. The molecule has 2 aromatic rings. The molecule has 0 unspecified atom stereocenters. The van der Waals surface area contributed by atoms with Crippen molar-refractivity contribution < 1.29 is 8.78 Å². The molecule has 0 atom stereocenters. The molecule has 6 nitrogen and oxygen atoms in total. The molecule has 0 spiro atoms. The number of nitrogens with zero attached hydrogens (tertiary/aromatic N) is 5. The maximum Gasteiger partial charge on any atom is 0.319 e. The third-order valence-corrected chi connectivity index (χ3v) is 4.36. The van der Waals surface area contributed by atoms with Gasteiger partial charge in [-0.15, -0.1) is 24.0 Å². The van der Waals surface area contributed by atoms with Gasteiger partial charge in [0.2, 0.25) is 0 Å². The fraction of sp³-hybridized carbons (Fsp3) is 0.444. The zero-order valence-electron chi connectivity index (χ0n) is 15.3. The van der Waals surface area contributed by atoms with Crippen LogP contribution in [0.15, 0.2) is 47.7 Å². The minimum Gasteiger partial charge on any atom is -0.368 e. The van der Waals surface area contributed by atoms with Gasteiger partial charge in [-0.1, -0.05) is 18.2 Å². The van der Waals surface area contributed by atoms with Crippen LogP contribution in [0.4, 0.5) is 14.5 Å². The van der Waals surface area contributed by atoms with Gasteiger partial charge < -0.3 is 15.1 Å². The monoisotopic (exact) mass is 490 g/mol. The van der Waals surface area contributed by atoms with Gasteiger partial charge in [-0.05, 0) is 19.1 Å². The van der Waals surface area contributed by atoms with Crippen molar-refractivity contribution in [2.45, 2.75) is 20.0 Å². The molecule has 148 valence electrons. The van der Waals surface area contributed by atoms with Crippen LogP contribution in [0.2, 0.25) is 0 Å². The Morgan fingerprint density at radius 1 is 1.19 bits per heavy atom. The summed E-state index contributed by atoms with van der Waals surface area (Å²) in [6.07, 6.45) is 2.66. The van der Waals surface area contributed by atoms with E-state index in [1.807, 2.05) is 25.1 Å². The molecule has 27 heavy (non-hydrogen) atoms. The Kier molecular flexibility index (Phi) is 8.26. The van der Waals surface area contributed by atoms with Crippen LogP contribution in [0.5, 0.6) is 0 Å². The molecule has 1 aromatic carbocycles. The Labute approximate surface area is 175 Å². The minimum atomic E-state index is -2.60. The molecule has 2 heterocycles. The second kappa shape index (κ2) is 10.4. The molecule has 1 aliphatic heterocycles. The van der Waals surface area contributed by atoms with Crippen molar-refractivity contribution in [3.63, 3.8) is 0 Å². The number of aromatic nitrogens is 2. The van der Waals surface area contributed by atoms with Gasteiger partial charge >= 0.3 is 6.55 Å². The third-order valence-electron chi connectivity index (χ3n) is 4.36. The highest BCUT2D eigenvalue weighted by Crippen LogP contribution is 2.16. The second-order valence-electron chi connectivity index (χ2n) is 6.01. The number of rotatable bonds is 5. The summed E-state index contributed by atoms with van der Waals surface area (Å²) in [5.74, 6) is 1.00. The zero-order chi connectivity index (χ0) is 18.4. The summed E-state index contributed by atoms with van der Waals surface area (Å²) < 4.78 is 26.7. The SMILES string of the molecule is CCNC(=NCc1nccn1C(F)F)N1CCN(c2ccccc2)CC1.I. The Balaban J connectivity index is 0.00000261. The maximum atomic E-state index is 12.9. The zero-order valence-corrected chi connectivity index (χ0v) is 17.6. The van der Waals surface area contributed by atoms with Crippen LogP contribution in [0, 0.1) is 0 Å². The van der Waals surface area contributed by atoms with Gasteiger partial charge in [-0.25, -0.2) is 9.98 Å². The van der Waals surface area contributed by atoms with E-state index < -0.39 is 6.55 Å². The average Bonchev–Trinajstić information content (AvgIpc) is 3.15. The molecule has 0 aliphatic carbocycles. The van der Waals surface area contributed by atoms with Crippen LogP contribution in [-0.2, 0) is 6.54 Å². The number of para-hydroxylation sites is 1. The number of anilines is 1. The fourth-order valence-corrected chi connectivity index (χ4v) is 3.03. The summed E-state index contributed by atoms with van der Waals surface area (Å²) >= 11 is 0. The smallest absolute Gasteiger partial charge is 0.319 e. The van der Waals surface area contributed by atoms with Crippen molar-refractivity contribution >= 4 is 35.6 Å². The summed E-state index contributed by atoms with van der Waals surface area (Å²) in [7, 11) is 0. The highest BCUT2D eigenvalue weighted by atomic mass is 127. The van der Waals surface area contributed by atoms with E-state index in [4.69, 9.17) is 0 Å². The topological polar surface area (TPSA) is 48.7 Å². The first-order chi connectivity index (χ1) is 12.7. The average molecular weight is 490 g/mol. The van der Waals surface area contributed by atoms with Crippen LogP contribution in [0.3, 0.4) is 0 Å². The third kappa shape index (κ3) is 5.53. The van der Waals surface area contributed by atoms with E-state index in [0.717, 1.165) is 43.3 Å². The number of nitrogens with one attached hydrogen (secondary N) is 1. The van der Waals surface area contributed by atoms with Crippen molar-refractivity contribution in [3.05, 3.63) is 48.5 Å². The molecule has 0 radical (unpaired) electrons. The van der Waals surface area contributed by atoms with Gasteiger partial charge in [0.05, 0.1) is 0 Å². The van der Waals surface area contributed by atoms with E-state index in [1.165, 1.54) is 18.1 Å². The molecule has 3 rings (SSSR count). The molecular weight excluding hydrogens is 465 g/mol. The summed E-state index contributed by atoms with van der Waals surface area (Å²) in [5, 5.41) is 3.25. The summed E-state index contributed by atoms with van der Waals surface area (Å²) in [4.78, 5) is 13.0. The Morgan fingerprint density at radius 2 is 1.89 bits per heavy atom. The molecule has 1 fully saturated rings. The predicted octanol–water partition coefficient (Wildman–Crippen LogP) is 3.18. The van der Waals surface area contributed by atoms with Crippen molar-refractivity contribution in [3.8, 4) is 0 Å². The molecule has 0 bridgehead atoms.